The van der Waals surface area contributed by atoms with Crippen LogP contribution >= 0.6 is 11.3 Å². The molecule has 7 heteroatoms. The summed E-state index contributed by atoms with van der Waals surface area (Å²) in [6.45, 7) is 4.55. The summed E-state index contributed by atoms with van der Waals surface area (Å²) in [4.78, 5) is 35.3. The second-order valence-corrected chi connectivity index (χ2v) is 8.21. The minimum atomic E-state index is -0.109. The molecule has 0 aliphatic carbocycles. The third-order valence-corrected chi connectivity index (χ3v) is 6.24. The van der Waals surface area contributed by atoms with Gasteiger partial charge in [0.05, 0.1) is 25.1 Å². The molecular weight excluding hydrogens is 374 g/mol. The van der Waals surface area contributed by atoms with Crippen LogP contribution in [-0.4, -0.2) is 35.6 Å². The predicted octanol–water partition coefficient (Wildman–Crippen LogP) is 2.01. The second kappa shape index (κ2) is 8.24. The van der Waals surface area contributed by atoms with Crippen LogP contribution < -0.4 is 10.5 Å². The highest BCUT2D eigenvalue weighted by Crippen LogP contribution is 2.30. The number of aromatic amines is 1. The van der Waals surface area contributed by atoms with Crippen molar-refractivity contribution in [1.29, 1.82) is 0 Å². The zero-order valence-corrected chi connectivity index (χ0v) is 16.7. The summed E-state index contributed by atoms with van der Waals surface area (Å²) in [6.07, 6.45) is 1.85. The molecular formula is C21H24N3O3S+. The van der Waals surface area contributed by atoms with E-state index in [0.29, 0.717) is 24.4 Å². The third-order valence-electron chi connectivity index (χ3n) is 5.17. The number of quaternary nitrogens is 1. The molecule has 0 spiro atoms. The average Bonchev–Trinajstić information content (AvgIpc) is 3.14. The Hall–Kier alpha value is -2.51. The molecule has 1 saturated heterocycles. The van der Waals surface area contributed by atoms with Gasteiger partial charge in [0.15, 0.2) is 5.82 Å². The Kier molecular flexibility index (Phi) is 5.54. The van der Waals surface area contributed by atoms with Gasteiger partial charge in [0.2, 0.25) is 0 Å². The largest absolute Gasteiger partial charge is 0.466 e. The number of fused-ring (bicyclic) bond motifs is 1. The Morgan fingerprint density at radius 3 is 2.96 bits per heavy atom. The lowest BCUT2D eigenvalue weighted by atomic mass is 9.98. The maximum atomic E-state index is 12.6. The van der Waals surface area contributed by atoms with E-state index in [9.17, 15) is 9.59 Å². The fraction of sp³-hybridized carbons (Fsp3) is 0.381. The van der Waals surface area contributed by atoms with Crippen molar-refractivity contribution in [2.45, 2.75) is 26.3 Å². The van der Waals surface area contributed by atoms with Crippen molar-refractivity contribution in [3.05, 3.63) is 52.6 Å². The molecule has 0 bridgehead atoms. The van der Waals surface area contributed by atoms with Crippen LogP contribution in [0.15, 0.2) is 41.2 Å². The lowest BCUT2D eigenvalue weighted by molar-refractivity contribution is -0.921. The van der Waals surface area contributed by atoms with E-state index in [0.717, 1.165) is 41.2 Å². The average molecular weight is 399 g/mol. The summed E-state index contributed by atoms with van der Waals surface area (Å²) in [6, 6.07) is 11.9. The first-order chi connectivity index (χ1) is 13.6. The highest BCUT2D eigenvalue weighted by Gasteiger charge is 2.30. The second-order valence-electron chi connectivity index (χ2n) is 7.18. The number of benzene rings is 1. The number of H-pyrrole nitrogens is 1. The SMILES string of the molecule is CCOC(=O)[C@H]1CCC[NH+](Cc2nc3sc(-c4ccccc4)cc3c(=O)[nH]2)C1. The summed E-state index contributed by atoms with van der Waals surface area (Å²) in [5.41, 5.74) is 0.988. The number of likely N-dealkylation sites (tertiary alicyclic amines) is 1. The molecule has 1 aromatic carbocycles. The Morgan fingerprint density at radius 1 is 1.36 bits per heavy atom. The van der Waals surface area contributed by atoms with E-state index in [2.05, 4.69) is 4.98 Å². The van der Waals surface area contributed by atoms with Crippen LogP contribution in [0.1, 0.15) is 25.6 Å². The number of esters is 1. The molecule has 0 radical (unpaired) electrons. The summed E-state index contributed by atoms with van der Waals surface area (Å²) < 4.78 is 5.18. The van der Waals surface area contributed by atoms with Gasteiger partial charge in [-0.15, -0.1) is 11.3 Å². The molecule has 3 heterocycles. The van der Waals surface area contributed by atoms with Crippen LogP contribution in [0.2, 0.25) is 0 Å². The van der Waals surface area contributed by atoms with Crippen molar-refractivity contribution in [3.8, 4) is 10.4 Å². The monoisotopic (exact) mass is 398 g/mol. The molecule has 1 fully saturated rings. The van der Waals surface area contributed by atoms with Crippen molar-refractivity contribution in [2.24, 2.45) is 5.92 Å². The molecule has 1 aliphatic heterocycles. The van der Waals surface area contributed by atoms with Crippen LogP contribution in [0, 0.1) is 5.92 Å². The summed E-state index contributed by atoms with van der Waals surface area (Å²) >= 11 is 1.54. The van der Waals surface area contributed by atoms with Crippen molar-refractivity contribution >= 4 is 27.5 Å². The first-order valence-corrected chi connectivity index (χ1v) is 10.5. The maximum Gasteiger partial charge on any atom is 0.314 e. The van der Waals surface area contributed by atoms with Gasteiger partial charge in [-0.05, 0) is 31.4 Å². The first kappa shape index (κ1) is 18.8. The molecule has 1 aliphatic rings. The van der Waals surface area contributed by atoms with Gasteiger partial charge in [-0.25, -0.2) is 4.98 Å². The molecule has 6 nitrogen and oxygen atoms in total. The summed E-state index contributed by atoms with van der Waals surface area (Å²) in [5.74, 6) is 0.506. The Balaban J connectivity index is 1.54. The van der Waals surface area contributed by atoms with Gasteiger partial charge in [0.1, 0.15) is 17.3 Å². The molecule has 4 rings (SSSR count). The van der Waals surface area contributed by atoms with E-state index in [1.807, 2.05) is 43.3 Å². The van der Waals surface area contributed by atoms with Gasteiger partial charge in [0.25, 0.3) is 5.56 Å². The summed E-state index contributed by atoms with van der Waals surface area (Å²) in [5, 5.41) is 0.630. The van der Waals surface area contributed by atoms with Gasteiger partial charge in [-0.1, -0.05) is 30.3 Å². The van der Waals surface area contributed by atoms with E-state index < -0.39 is 0 Å². The smallest absolute Gasteiger partial charge is 0.314 e. The quantitative estimate of drug-likeness (QED) is 0.645. The van der Waals surface area contributed by atoms with Gasteiger partial charge in [0, 0.05) is 4.88 Å². The first-order valence-electron chi connectivity index (χ1n) is 9.72. The molecule has 3 aromatic rings. The number of thiophene rings is 1. The number of nitrogens with one attached hydrogen (secondary N) is 2. The van der Waals surface area contributed by atoms with Gasteiger partial charge in [-0.3, -0.25) is 9.59 Å². The van der Waals surface area contributed by atoms with E-state index in [-0.39, 0.29) is 17.4 Å². The topological polar surface area (TPSA) is 76.5 Å². The molecule has 1 unspecified atom stereocenters. The molecule has 2 atom stereocenters. The van der Waals surface area contributed by atoms with Gasteiger partial charge >= 0.3 is 5.97 Å². The molecule has 2 N–H and O–H groups in total. The highest BCUT2D eigenvalue weighted by atomic mass is 32.1. The maximum absolute atomic E-state index is 12.6. The number of hydrogen-bond acceptors (Lipinski definition) is 5. The highest BCUT2D eigenvalue weighted by molar-refractivity contribution is 7.21. The molecule has 0 amide bonds. The molecule has 2 aromatic heterocycles. The number of ether oxygens (including phenoxy) is 1. The normalized spacial score (nSPS) is 19.6. The van der Waals surface area contributed by atoms with E-state index in [1.165, 1.54) is 16.2 Å². The fourth-order valence-electron chi connectivity index (χ4n) is 3.81. The van der Waals surface area contributed by atoms with Crippen LogP contribution in [0.3, 0.4) is 0 Å². The predicted molar refractivity (Wildman–Crippen MR) is 109 cm³/mol. The Bertz CT molecular complexity index is 1030. The minimum Gasteiger partial charge on any atom is -0.466 e. The van der Waals surface area contributed by atoms with Crippen LogP contribution in [0.4, 0.5) is 0 Å². The van der Waals surface area contributed by atoms with Crippen molar-refractivity contribution in [3.63, 3.8) is 0 Å². The van der Waals surface area contributed by atoms with E-state index in [1.54, 1.807) is 0 Å². The minimum absolute atomic E-state index is 0.0643. The lowest BCUT2D eigenvalue weighted by Crippen LogP contribution is -3.12. The fourth-order valence-corrected chi connectivity index (χ4v) is 4.87. The number of rotatable bonds is 5. The van der Waals surface area contributed by atoms with Crippen molar-refractivity contribution in [2.75, 3.05) is 19.7 Å². The Morgan fingerprint density at radius 2 is 2.18 bits per heavy atom. The number of carbonyl (C=O) groups excluding carboxylic acids is 1. The lowest BCUT2D eigenvalue weighted by Gasteiger charge is -2.28. The molecule has 146 valence electrons. The number of aromatic nitrogens is 2. The standard InChI is InChI=1S/C21H23N3O3S/c1-2-27-21(26)15-9-6-10-24(12-15)13-18-22-19(25)16-11-17(28-20(16)23-18)14-7-4-3-5-8-14/h3-5,7-8,11,15H,2,6,9-10,12-13H2,1H3,(H,22,23,25)/p+1/t15-/m0/s1. The number of nitrogens with zero attached hydrogens (tertiary/aromatic N) is 1. The van der Waals surface area contributed by atoms with Crippen LogP contribution in [0.25, 0.3) is 20.7 Å². The third kappa shape index (κ3) is 4.00. The number of hydrogen-bond donors (Lipinski definition) is 2. The molecule has 28 heavy (non-hydrogen) atoms. The number of carbonyl (C=O) groups is 1. The van der Waals surface area contributed by atoms with Crippen molar-refractivity contribution < 1.29 is 14.4 Å². The number of piperidine rings is 1. The van der Waals surface area contributed by atoms with Crippen molar-refractivity contribution in [1.82, 2.24) is 9.97 Å². The van der Waals surface area contributed by atoms with Gasteiger partial charge in [-0.2, -0.15) is 0 Å². The van der Waals surface area contributed by atoms with Gasteiger partial charge < -0.3 is 14.6 Å². The zero-order chi connectivity index (χ0) is 19.5. The molecule has 0 saturated carbocycles. The summed E-state index contributed by atoms with van der Waals surface area (Å²) in [7, 11) is 0. The Labute approximate surface area is 167 Å². The van der Waals surface area contributed by atoms with E-state index >= 15 is 0 Å². The zero-order valence-electron chi connectivity index (χ0n) is 15.9. The van der Waals surface area contributed by atoms with Crippen LogP contribution in [0.5, 0.6) is 0 Å². The van der Waals surface area contributed by atoms with E-state index in [4.69, 9.17) is 9.72 Å². The van der Waals surface area contributed by atoms with Crippen LogP contribution in [-0.2, 0) is 16.1 Å².